The molecule has 2 aliphatic rings. The maximum atomic E-state index is 5.20. The Morgan fingerprint density at radius 3 is 2.24 bits per heavy atom. The van der Waals surface area contributed by atoms with Crippen LogP contribution in [0.3, 0.4) is 0 Å². The molecule has 0 saturated heterocycles. The van der Waals surface area contributed by atoms with E-state index in [4.69, 9.17) is 4.74 Å². The van der Waals surface area contributed by atoms with Crippen LogP contribution in [0.25, 0.3) is 0 Å². The lowest BCUT2D eigenvalue weighted by Crippen LogP contribution is -1.95. The van der Waals surface area contributed by atoms with Gasteiger partial charge in [0, 0.05) is 4.83 Å². The lowest BCUT2D eigenvalue weighted by molar-refractivity contribution is 0.414. The van der Waals surface area contributed by atoms with Crippen LogP contribution in [0.15, 0.2) is 24.3 Å². The van der Waals surface area contributed by atoms with E-state index in [9.17, 15) is 0 Å². The van der Waals surface area contributed by atoms with Gasteiger partial charge >= 0.3 is 0 Å². The van der Waals surface area contributed by atoms with Crippen LogP contribution in [0.2, 0.25) is 0 Å². The summed E-state index contributed by atoms with van der Waals surface area (Å²) in [5.41, 5.74) is 1.41. The Morgan fingerprint density at radius 2 is 1.71 bits per heavy atom. The minimum absolute atomic E-state index is 0.543. The van der Waals surface area contributed by atoms with Crippen molar-refractivity contribution in [2.45, 2.75) is 30.5 Å². The van der Waals surface area contributed by atoms with Gasteiger partial charge in [0.05, 0.1) is 7.11 Å². The van der Waals surface area contributed by atoms with E-state index in [0.717, 1.165) is 23.5 Å². The highest BCUT2D eigenvalue weighted by atomic mass is 79.9. The molecule has 0 aliphatic heterocycles. The lowest BCUT2D eigenvalue weighted by atomic mass is 10.0. The molecule has 1 aromatic carbocycles. The molecule has 3 rings (SSSR count). The Labute approximate surface area is 112 Å². The van der Waals surface area contributed by atoms with Crippen molar-refractivity contribution in [2.24, 2.45) is 17.8 Å². The molecular weight excluding hydrogens is 276 g/mol. The van der Waals surface area contributed by atoms with E-state index in [1.807, 2.05) is 0 Å². The van der Waals surface area contributed by atoms with Gasteiger partial charge in [0.1, 0.15) is 5.75 Å². The smallest absolute Gasteiger partial charge is 0.118 e. The first-order valence-corrected chi connectivity index (χ1v) is 7.51. The summed E-state index contributed by atoms with van der Waals surface area (Å²) in [6.07, 6.45) is 5.79. The fraction of sp³-hybridized carbons (Fsp3) is 0.600. The normalized spacial score (nSPS) is 32.7. The summed E-state index contributed by atoms with van der Waals surface area (Å²) in [5.74, 6) is 3.82. The summed E-state index contributed by atoms with van der Waals surface area (Å²) in [5, 5.41) is 0. The van der Waals surface area contributed by atoms with Gasteiger partial charge in [0.2, 0.25) is 0 Å². The number of fused-ring (bicyclic) bond motifs is 1. The van der Waals surface area contributed by atoms with Gasteiger partial charge in [0.15, 0.2) is 0 Å². The third-order valence-corrected chi connectivity index (χ3v) is 5.63. The van der Waals surface area contributed by atoms with Crippen molar-refractivity contribution in [1.29, 1.82) is 0 Å². The van der Waals surface area contributed by atoms with Crippen LogP contribution in [0, 0.1) is 17.8 Å². The van der Waals surface area contributed by atoms with Crippen LogP contribution >= 0.6 is 15.9 Å². The summed E-state index contributed by atoms with van der Waals surface area (Å²) >= 11 is 3.91. The Kier molecular flexibility index (Phi) is 3.16. The zero-order chi connectivity index (χ0) is 11.8. The third-order valence-electron chi connectivity index (χ3n) is 4.49. The van der Waals surface area contributed by atoms with Crippen LogP contribution in [0.1, 0.15) is 36.1 Å². The summed E-state index contributed by atoms with van der Waals surface area (Å²) in [7, 11) is 1.72. The minimum atomic E-state index is 0.543. The molecule has 17 heavy (non-hydrogen) atoms. The molecule has 2 fully saturated rings. The molecule has 92 valence electrons. The van der Waals surface area contributed by atoms with Gasteiger partial charge in [-0.15, -0.1) is 0 Å². The predicted molar refractivity (Wildman–Crippen MR) is 73.6 cm³/mol. The van der Waals surface area contributed by atoms with Gasteiger partial charge in [-0.05, 0) is 48.3 Å². The number of hydrogen-bond acceptors (Lipinski definition) is 1. The predicted octanol–water partition coefficient (Wildman–Crippen LogP) is 4.57. The molecule has 0 bridgehead atoms. The number of benzene rings is 1. The third kappa shape index (κ3) is 2.12. The molecule has 0 spiro atoms. The fourth-order valence-corrected chi connectivity index (χ4v) is 4.58. The monoisotopic (exact) mass is 294 g/mol. The largest absolute Gasteiger partial charge is 0.497 e. The number of methoxy groups -OCH3 is 1. The maximum absolute atomic E-state index is 5.20. The maximum Gasteiger partial charge on any atom is 0.118 e. The molecule has 0 radical (unpaired) electrons. The number of halogens is 1. The number of hydrogen-bond donors (Lipinski definition) is 0. The Hall–Kier alpha value is -0.500. The van der Waals surface area contributed by atoms with Gasteiger partial charge in [-0.3, -0.25) is 0 Å². The lowest BCUT2D eigenvalue weighted by Gasteiger charge is -2.10. The molecule has 1 nitrogen and oxygen atoms in total. The van der Waals surface area contributed by atoms with E-state index in [1.165, 1.54) is 31.2 Å². The first kappa shape index (κ1) is 11.6. The molecule has 0 aromatic heterocycles. The highest BCUT2D eigenvalue weighted by molar-refractivity contribution is 9.09. The second kappa shape index (κ2) is 4.64. The average Bonchev–Trinajstić information content (AvgIpc) is 3.12. The average molecular weight is 295 g/mol. The van der Waals surface area contributed by atoms with Crippen LogP contribution < -0.4 is 4.74 Å². The van der Waals surface area contributed by atoms with E-state index in [-0.39, 0.29) is 0 Å². The molecule has 0 heterocycles. The quantitative estimate of drug-likeness (QED) is 0.742. The Balaban J connectivity index is 1.71. The van der Waals surface area contributed by atoms with Crippen LogP contribution in [-0.2, 0) is 0 Å². The molecule has 3 unspecified atom stereocenters. The first-order valence-electron chi connectivity index (χ1n) is 6.59. The van der Waals surface area contributed by atoms with Crippen LogP contribution in [-0.4, -0.2) is 7.11 Å². The van der Waals surface area contributed by atoms with Crippen molar-refractivity contribution < 1.29 is 4.74 Å². The van der Waals surface area contributed by atoms with Crippen LogP contribution in [0.5, 0.6) is 5.75 Å². The second-order valence-corrected chi connectivity index (χ2v) is 6.35. The second-order valence-electron chi connectivity index (χ2n) is 5.36. The minimum Gasteiger partial charge on any atom is -0.497 e. The van der Waals surface area contributed by atoms with Crippen molar-refractivity contribution in [3.05, 3.63) is 29.8 Å². The molecule has 1 aromatic rings. The fourth-order valence-electron chi connectivity index (χ4n) is 3.49. The van der Waals surface area contributed by atoms with Gasteiger partial charge in [-0.1, -0.05) is 40.9 Å². The molecule has 2 saturated carbocycles. The van der Waals surface area contributed by atoms with E-state index in [2.05, 4.69) is 40.2 Å². The summed E-state index contributed by atoms with van der Waals surface area (Å²) in [6, 6.07) is 8.52. The molecule has 3 atom stereocenters. The summed E-state index contributed by atoms with van der Waals surface area (Å²) < 4.78 is 5.20. The van der Waals surface area contributed by atoms with Crippen molar-refractivity contribution in [3.63, 3.8) is 0 Å². The molecule has 0 N–H and O–H groups in total. The van der Waals surface area contributed by atoms with Gasteiger partial charge < -0.3 is 4.74 Å². The van der Waals surface area contributed by atoms with Crippen molar-refractivity contribution in [1.82, 2.24) is 0 Å². The van der Waals surface area contributed by atoms with E-state index in [1.54, 1.807) is 7.11 Å². The zero-order valence-corrected chi connectivity index (χ0v) is 11.8. The molecule has 2 aliphatic carbocycles. The van der Waals surface area contributed by atoms with Crippen molar-refractivity contribution >= 4 is 15.9 Å². The molecular formula is C15H19BrO. The van der Waals surface area contributed by atoms with Gasteiger partial charge in [0.25, 0.3) is 0 Å². The summed E-state index contributed by atoms with van der Waals surface area (Å²) in [4.78, 5) is 0.543. The van der Waals surface area contributed by atoms with Crippen molar-refractivity contribution in [3.8, 4) is 5.75 Å². The van der Waals surface area contributed by atoms with Gasteiger partial charge in [-0.25, -0.2) is 0 Å². The van der Waals surface area contributed by atoms with E-state index < -0.39 is 0 Å². The number of alkyl halides is 1. The standard InChI is InChI=1S/C15H19BrO/c1-17-11-8-6-10(7-9-11)15(16)14-12-4-2-3-5-13(12)14/h6-9,12-15H,2-5H2,1H3. The van der Waals surface area contributed by atoms with E-state index in [0.29, 0.717) is 4.83 Å². The summed E-state index contributed by atoms with van der Waals surface area (Å²) in [6.45, 7) is 0. The number of ether oxygens (including phenoxy) is 1. The highest BCUT2D eigenvalue weighted by Gasteiger charge is 2.53. The van der Waals surface area contributed by atoms with E-state index >= 15 is 0 Å². The SMILES string of the molecule is COc1ccc(C(Br)C2C3CCCCC32)cc1. The first-order chi connectivity index (χ1) is 8.31. The van der Waals surface area contributed by atoms with Crippen LogP contribution in [0.4, 0.5) is 0 Å². The van der Waals surface area contributed by atoms with Gasteiger partial charge in [-0.2, -0.15) is 0 Å². The molecule has 2 heteroatoms. The topological polar surface area (TPSA) is 9.23 Å². The number of rotatable bonds is 3. The molecule has 0 amide bonds. The Bertz CT molecular complexity index is 374. The Morgan fingerprint density at radius 1 is 1.12 bits per heavy atom. The van der Waals surface area contributed by atoms with Crippen molar-refractivity contribution in [2.75, 3.05) is 7.11 Å². The zero-order valence-electron chi connectivity index (χ0n) is 10.2. The highest BCUT2D eigenvalue weighted by Crippen LogP contribution is 2.62.